The van der Waals surface area contributed by atoms with Gasteiger partial charge < -0.3 is 19.5 Å². The second kappa shape index (κ2) is 10.9. The number of carbonyl (C=O) groups is 1. The lowest BCUT2D eigenvalue weighted by Crippen LogP contribution is -2.48. The summed E-state index contributed by atoms with van der Waals surface area (Å²) >= 11 is 0. The number of methoxy groups -OCH3 is 1. The number of morpholine rings is 1. The van der Waals surface area contributed by atoms with E-state index in [2.05, 4.69) is 30.6 Å². The van der Waals surface area contributed by atoms with Gasteiger partial charge in [0, 0.05) is 26.2 Å². The summed E-state index contributed by atoms with van der Waals surface area (Å²) in [5, 5.41) is 2.90. The third-order valence-electron chi connectivity index (χ3n) is 4.34. The fourth-order valence-electron chi connectivity index (χ4n) is 3.13. The van der Waals surface area contributed by atoms with Crippen molar-refractivity contribution in [1.82, 2.24) is 10.2 Å². The molecular formula is C21H32N2O4. The molecule has 1 aliphatic rings. The van der Waals surface area contributed by atoms with Gasteiger partial charge in [-0.05, 0) is 30.0 Å². The molecule has 0 aliphatic carbocycles. The number of benzene rings is 1. The van der Waals surface area contributed by atoms with Crippen LogP contribution in [-0.4, -0.2) is 63.4 Å². The van der Waals surface area contributed by atoms with Crippen LogP contribution >= 0.6 is 0 Å². The Balaban J connectivity index is 1.77. The highest BCUT2D eigenvalue weighted by Crippen LogP contribution is 2.28. The summed E-state index contributed by atoms with van der Waals surface area (Å²) < 4.78 is 16.7. The maximum Gasteiger partial charge on any atom is 0.258 e. The number of nitrogens with zero attached hydrogens (tertiary/aromatic N) is 1. The summed E-state index contributed by atoms with van der Waals surface area (Å²) in [7, 11) is 1.59. The van der Waals surface area contributed by atoms with E-state index in [1.807, 2.05) is 24.3 Å². The van der Waals surface area contributed by atoms with Crippen LogP contribution in [0.4, 0.5) is 0 Å². The van der Waals surface area contributed by atoms with E-state index in [0.29, 0.717) is 30.6 Å². The quantitative estimate of drug-likeness (QED) is 0.635. The van der Waals surface area contributed by atoms with Crippen LogP contribution in [0.3, 0.4) is 0 Å². The van der Waals surface area contributed by atoms with Gasteiger partial charge in [0.05, 0.1) is 19.8 Å². The Morgan fingerprint density at radius 2 is 2.26 bits per heavy atom. The van der Waals surface area contributed by atoms with Gasteiger partial charge in [-0.25, -0.2) is 0 Å². The van der Waals surface area contributed by atoms with Crippen LogP contribution in [0.5, 0.6) is 11.5 Å². The first-order valence-corrected chi connectivity index (χ1v) is 9.53. The van der Waals surface area contributed by atoms with Crippen LogP contribution in [0.2, 0.25) is 0 Å². The standard InChI is InChI=1S/C21H32N2O4/c1-5-6-17-7-8-19(20(11-17)25-4)27-15-21(24)22-12-18-14-23(9-10-26-18)13-16(2)3/h5,7-8,11,16,18H,1,6,9-10,12-15H2,2-4H3,(H,22,24). The number of amides is 1. The molecule has 0 aromatic heterocycles. The number of rotatable bonds is 10. The second-order valence-electron chi connectivity index (χ2n) is 7.22. The Hall–Kier alpha value is -2.05. The van der Waals surface area contributed by atoms with Crippen LogP contribution in [0.15, 0.2) is 30.9 Å². The fourth-order valence-corrected chi connectivity index (χ4v) is 3.13. The van der Waals surface area contributed by atoms with E-state index in [1.54, 1.807) is 7.11 Å². The summed E-state index contributed by atoms with van der Waals surface area (Å²) in [5.41, 5.74) is 1.08. The SMILES string of the molecule is C=CCc1ccc(OCC(=O)NCC2CN(CC(C)C)CCO2)c(OC)c1. The van der Waals surface area contributed by atoms with E-state index >= 15 is 0 Å². The first-order chi connectivity index (χ1) is 13.0. The Morgan fingerprint density at radius 1 is 1.44 bits per heavy atom. The van der Waals surface area contributed by atoms with Crippen molar-refractivity contribution in [2.75, 3.05) is 46.5 Å². The van der Waals surface area contributed by atoms with Gasteiger partial charge in [0.25, 0.3) is 5.91 Å². The van der Waals surface area contributed by atoms with Gasteiger partial charge in [0.15, 0.2) is 18.1 Å². The molecule has 1 aliphatic heterocycles. The minimum absolute atomic E-state index is 0.0224. The lowest BCUT2D eigenvalue weighted by molar-refractivity contribution is -0.124. The molecule has 1 unspecified atom stereocenters. The number of ether oxygens (including phenoxy) is 3. The van der Waals surface area contributed by atoms with Gasteiger partial charge in [-0.15, -0.1) is 6.58 Å². The molecule has 0 spiro atoms. The summed E-state index contributed by atoms with van der Waals surface area (Å²) in [6.45, 7) is 12.1. The molecule has 1 aromatic carbocycles. The molecule has 0 radical (unpaired) electrons. The maximum atomic E-state index is 12.1. The van der Waals surface area contributed by atoms with E-state index in [0.717, 1.165) is 31.6 Å². The molecule has 6 nitrogen and oxygen atoms in total. The minimum atomic E-state index is -0.170. The Kier molecular flexibility index (Phi) is 8.61. The molecule has 0 bridgehead atoms. The van der Waals surface area contributed by atoms with Crippen molar-refractivity contribution >= 4 is 5.91 Å². The average molecular weight is 376 g/mol. The number of allylic oxidation sites excluding steroid dienone is 1. The van der Waals surface area contributed by atoms with Crippen LogP contribution in [0.25, 0.3) is 0 Å². The third-order valence-corrected chi connectivity index (χ3v) is 4.34. The first kappa shape index (κ1) is 21.3. The van der Waals surface area contributed by atoms with E-state index in [4.69, 9.17) is 14.2 Å². The highest BCUT2D eigenvalue weighted by molar-refractivity contribution is 5.77. The van der Waals surface area contributed by atoms with Crippen molar-refractivity contribution < 1.29 is 19.0 Å². The normalized spacial score (nSPS) is 17.6. The maximum absolute atomic E-state index is 12.1. The topological polar surface area (TPSA) is 60.0 Å². The highest BCUT2D eigenvalue weighted by atomic mass is 16.5. The molecule has 1 amide bonds. The summed E-state index contributed by atoms with van der Waals surface area (Å²) in [6.07, 6.45) is 2.61. The van der Waals surface area contributed by atoms with Gasteiger partial charge in [-0.2, -0.15) is 0 Å². The Morgan fingerprint density at radius 3 is 2.96 bits per heavy atom. The number of hydrogen-bond acceptors (Lipinski definition) is 5. The molecule has 1 atom stereocenters. The second-order valence-corrected chi connectivity index (χ2v) is 7.22. The van der Waals surface area contributed by atoms with E-state index in [-0.39, 0.29) is 18.6 Å². The molecule has 1 saturated heterocycles. The van der Waals surface area contributed by atoms with E-state index in [1.165, 1.54) is 0 Å². The molecule has 0 saturated carbocycles. The third kappa shape index (κ3) is 7.23. The van der Waals surface area contributed by atoms with Crippen molar-refractivity contribution in [3.05, 3.63) is 36.4 Å². The van der Waals surface area contributed by atoms with Gasteiger partial charge >= 0.3 is 0 Å². The molecule has 27 heavy (non-hydrogen) atoms. The smallest absolute Gasteiger partial charge is 0.258 e. The lowest BCUT2D eigenvalue weighted by Gasteiger charge is -2.33. The van der Waals surface area contributed by atoms with Crippen LogP contribution in [0.1, 0.15) is 19.4 Å². The molecule has 2 rings (SSSR count). The molecule has 1 fully saturated rings. The van der Waals surface area contributed by atoms with Crippen molar-refractivity contribution in [3.63, 3.8) is 0 Å². The molecule has 1 N–H and O–H groups in total. The largest absolute Gasteiger partial charge is 0.493 e. The van der Waals surface area contributed by atoms with E-state index in [9.17, 15) is 4.79 Å². The van der Waals surface area contributed by atoms with Crippen LogP contribution in [-0.2, 0) is 16.0 Å². The molecule has 6 heteroatoms. The highest BCUT2D eigenvalue weighted by Gasteiger charge is 2.21. The molecule has 150 valence electrons. The zero-order chi connectivity index (χ0) is 19.6. The van der Waals surface area contributed by atoms with E-state index < -0.39 is 0 Å². The number of nitrogens with one attached hydrogen (secondary N) is 1. The molecule has 1 aromatic rings. The molecule has 1 heterocycles. The minimum Gasteiger partial charge on any atom is -0.493 e. The lowest BCUT2D eigenvalue weighted by atomic mass is 10.1. The van der Waals surface area contributed by atoms with Crippen molar-refractivity contribution in [2.45, 2.75) is 26.4 Å². The predicted molar refractivity (Wildman–Crippen MR) is 106 cm³/mol. The zero-order valence-corrected chi connectivity index (χ0v) is 16.7. The predicted octanol–water partition coefficient (Wildman–Crippen LogP) is 2.28. The molecular weight excluding hydrogens is 344 g/mol. The van der Waals surface area contributed by atoms with Gasteiger partial charge in [0.2, 0.25) is 0 Å². The van der Waals surface area contributed by atoms with Crippen molar-refractivity contribution in [3.8, 4) is 11.5 Å². The average Bonchev–Trinajstić information content (AvgIpc) is 2.65. The van der Waals surface area contributed by atoms with Crippen LogP contribution < -0.4 is 14.8 Å². The van der Waals surface area contributed by atoms with Crippen molar-refractivity contribution in [1.29, 1.82) is 0 Å². The summed E-state index contributed by atoms with van der Waals surface area (Å²) in [6, 6.07) is 5.66. The Labute approximate surface area is 162 Å². The number of carbonyl (C=O) groups excluding carboxylic acids is 1. The number of hydrogen-bond donors (Lipinski definition) is 1. The van der Waals surface area contributed by atoms with Gasteiger partial charge in [-0.1, -0.05) is 26.0 Å². The van der Waals surface area contributed by atoms with Crippen LogP contribution in [0, 0.1) is 5.92 Å². The summed E-state index contributed by atoms with van der Waals surface area (Å²) in [5.74, 6) is 1.62. The fraction of sp³-hybridized carbons (Fsp3) is 0.571. The summed E-state index contributed by atoms with van der Waals surface area (Å²) in [4.78, 5) is 14.5. The zero-order valence-electron chi connectivity index (χ0n) is 16.7. The first-order valence-electron chi connectivity index (χ1n) is 9.53. The van der Waals surface area contributed by atoms with Gasteiger partial charge in [-0.3, -0.25) is 9.69 Å². The Bertz CT molecular complexity index is 618. The monoisotopic (exact) mass is 376 g/mol. The van der Waals surface area contributed by atoms with Gasteiger partial charge in [0.1, 0.15) is 0 Å². The van der Waals surface area contributed by atoms with Crippen molar-refractivity contribution in [2.24, 2.45) is 5.92 Å².